The molecule has 0 spiro atoms. The number of rotatable bonds is 5. The molecular formula is C21H28N2O. The molecule has 0 aliphatic carbocycles. The van der Waals surface area contributed by atoms with Crippen LogP contribution in [0.3, 0.4) is 0 Å². The van der Waals surface area contributed by atoms with E-state index in [1.807, 2.05) is 18.2 Å². The lowest BCUT2D eigenvalue weighted by atomic mass is 9.87. The van der Waals surface area contributed by atoms with E-state index in [9.17, 15) is 0 Å². The van der Waals surface area contributed by atoms with E-state index in [1.54, 1.807) is 0 Å². The molecule has 128 valence electrons. The van der Waals surface area contributed by atoms with Crippen LogP contribution in [-0.4, -0.2) is 30.6 Å². The summed E-state index contributed by atoms with van der Waals surface area (Å²) in [6, 6.07) is 18.7. The summed E-state index contributed by atoms with van der Waals surface area (Å²) in [5, 5.41) is 0. The number of nitrogens with two attached hydrogens (primary N) is 1. The second-order valence-electron chi connectivity index (χ2n) is 7.15. The van der Waals surface area contributed by atoms with Gasteiger partial charge < -0.3 is 15.4 Å². The van der Waals surface area contributed by atoms with Gasteiger partial charge in [0.25, 0.3) is 0 Å². The number of nitrogens with zero attached hydrogens (tertiary/aromatic N) is 1. The minimum Gasteiger partial charge on any atom is -0.489 e. The lowest BCUT2D eigenvalue weighted by Crippen LogP contribution is -2.49. The Morgan fingerprint density at radius 1 is 1.00 bits per heavy atom. The summed E-state index contributed by atoms with van der Waals surface area (Å²) in [6.45, 7) is 2.73. The number of hydrogen-bond acceptors (Lipinski definition) is 3. The molecule has 1 atom stereocenters. The maximum Gasteiger partial charge on any atom is 0.119 e. The van der Waals surface area contributed by atoms with Gasteiger partial charge in [-0.3, -0.25) is 0 Å². The topological polar surface area (TPSA) is 38.5 Å². The van der Waals surface area contributed by atoms with E-state index in [-0.39, 0.29) is 5.54 Å². The average Bonchev–Trinajstić information content (AvgIpc) is 2.75. The minimum atomic E-state index is -0.113. The number of hydrogen-bond donors (Lipinski definition) is 1. The van der Waals surface area contributed by atoms with Crippen LogP contribution in [0.2, 0.25) is 0 Å². The molecule has 0 bridgehead atoms. The Hall–Kier alpha value is -1.84. The van der Waals surface area contributed by atoms with Crippen molar-refractivity contribution in [1.29, 1.82) is 0 Å². The molecule has 1 saturated heterocycles. The minimum absolute atomic E-state index is 0.113. The molecule has 0 aromatic heterocycles. The van der Waals surface area contributed by atoms with Crippen LogP contribution < -0.4 is 10.5 Å². The lowest BCUT2D eigenvalue weighted by molar-refractivity contribution is 0.264. The Morgan fingerprint density at radius 2 is 1.75 bits per heavy atom. The molecule has 24 heavy (non-hydrogen) atoms. The van der Waals surface area contributed by atoms with Crippen molar-refractivity contribution in [1.82, 2.24) is 4.90 Å². The number of likely N-dealkylation sites (tertiary alicyclic amines) is 1. The van der Waals surface area contributed by atoms with Crippen LogP contribution in [0, 0.1) is 0 Å². The molecule has 2 aromatic carbocycles. The van der Waals surface area contributed by atoms with Crippen molar-refractivity contribution in [3.8, 4) is 5.75 Å². The quantitative estimate of drug-likeness (QED) is 0.913. The van der Waals surface area contributed by atoms with Gasteiger partial charge in [-0.1, -0.05) is 48.9 Å². The van der Waals surface area contributed by atoms with Crippen LogP contribution in [0.5, 0.6) is 5.75 Å². The zero-order valence-electron chi connectivity index (χ0n) is 14.6. The third-order valence-corrected chi connectivity index (χ3v) is 4.78. The van der Waals surface area contributed by atoms with Crippen molar-refractivity contribution in [3.05, 3.63) is 65.7 Å². The Morgan fingerprint density at radius 3 is 2.50 bits per heavy atom. The number of ether oxygens (including phenoxy) is 1. The van der Waals surface area contributed by atoms with Gasteiger partial charge in [0.05, 0.1) is 0 Å². The first kappa shape index (κ1) is 17.0. The second kappa shape index (κ2) is 7.82. The molecule has 1 unspecified atom stereocenters. The van der Waals surface area contributed by atoms with Crippen LogP contribution in [0.25, 0.3) is 0 Å². The van der Waals surface area contributed by atoms with Gasteiger partial charge in [-0.25, -0.2) is 0 Å². The standard InChI is InChI=1S/C21H28N2O/c1-23-14-6-5-13-21(22,17-23)15-18-9-11-20(12-10-18)24-16-19-7-3-2-4-8-19/h2-4,7-12H,5-6,13-17,22H2,1H3. The summed E-state index contributed by atoms with van der Waals surface area (Å²) in [6.07, 6.45) is 4.50. The summed E-state index contributed by atoms with van der Waals surface area (Å²) in [5.74, 6) is 0.909. The van der Waals surface area contributed by atoms with Crippen molar-refractivity contribution in [2.45, 2.75) is 37.8 Å². The molecule has 1 fully saturated rings. The third-order valence-electron chi connectivity index (χ3n) is 4.78. The highest BCUT2D eigenvalue weighted by atomic mass is 16.5. The molecule has 2 N–H and O–H groups in total. The Balaban J connectivity index is 1.58. The Kier molecular flexibility index (Phi) is 5.54. The predicted molar refractivity (Wildman–Crippen MR) is 99.2 cm³/mol. The fourth-order valence-electron chi connectivity index (χ4n) is 3.55. The van der Waals surface area contributed by atoms with Gasteiger partial charge in [0.15, 0.2) is 0 Å². The third kappa shape index (κ3) is 4.83. The zero-order chi connectivity index (χ0) is 16.8. The molecule has 3 heteroatoms. The van der Waals surface area contributed by atoms with E-state index in [0.29, 0.717) is 6.61 Å². The predicted octanol–water partition coefficient (Wildman–Crippen LogP) is 3.62. The summed E-state index contributed by atoms with van der Waals surface area (Å²) in [7, 11) is 2.17. The van der Waals surface area contributed by atoms with E-state index < -0.39 is 0 Å². The average molecular weight is 324 g/mol. The molecule has 1 heterocycles. The van der Waals surface area contributed by atoms with Gasteiger partial charge in [-0.05, 0) is 56.1 Å². The summed E-state index contributed by atoms with van der Waals surface area (Å²) in [5.41, 5.74) is 9.04. The van der Waals surface area contributed by atoms with Crippen molar-refractivity contribution in [3.63, 3.8) is 0 Å². The van der Waals surface area contributed by atoms with E-state index in [0.717, 1.165) is 31.7 Å². The van der Waals surface area contributed by atoms with Gasteiger partial charge in [-0.2, -0.15) is 0 Å². The molecule has 3 nitrogen and oxygen atoms in total. The summed E-state index contributed by atoms with van der Waals surface area (Å²) < 4.78 is 5.86. The Bertz CT molecular complexity index is 626. The van der Waals surface area contributed by atoms with Crippen LogP contribution in [0.15, 0.2) is 54.6 Å². The van der Waals surface area contributed by atoms with Gasteiger partial charge >= 0.3 is 0 Å². The fourth-order valence-corrected chi connectivity index (χ4v) is 3.55. The molecule has 0 amide bonds. The molecular weight excluding hydrogens is 296 g/mol. The maximum atomic E-state index is 6.68. The highest BCUT2D eigenvalue weighted by Gasteiger charge is 2.28. The van der Waals surface area contributed by atoms with E-state index in [2.05, 4.69) is 48.3 Å². The monoisotopic (exact) mass is 324 g/mol. The maximum absolute atomic E-state index is 6.68. The molecule has 2 aromatic rings. The molecule has 0 saturated carbocycles. The number of benzene rings is 2. The highest BCUT2D eigenvalue weighted by Crippen LogP contribution is 2.23. The number of likely N-dealkylation sites (N-methyl/N-ethyl adjacent to an activating group) is 1. The normalized spacial score (nSPS) is 22.1. The first-order chi connectivity index (χ1) is 11.6. The van der Waals surface area contributed by atoms with Gasteiger partial charge in [0, 0.05) is 12.1 Å². The lowest BCUT2D eigenvalue weighted by Gasteiger charge is -2.31. The molecule has 1 aliphatic heterocycles. The van der Waals surface area contributed by atoms with E-state index in [1.165, 1.54) is 24.0 Å². The second-order valence-corrected chi connectivity index (χ2v) is 7.15. The smallest absolute Gasteiger partial charge is 0.119 e. The molecule has 1 aliphatic rings. The SMILES string of the molecule is CN1CCCCC(N)(Cc2ccc(OCc3ccccc3)cc2)C1. The first-order valence-electron chi connectivity index (χ1n) is 8.86. The van der Waals surface area contributed by atoms with Crippen molar-refractivity contribution in [2.75, 3.05) is 20.1 Å². The summed E-state index contributed by atoms with van der Waals surface area (Å²) >= 11 is 0. The highest BCUT2D eigenvalue weighted by molar-refractivity contribution is 5.29. The van der Waals surface area contributed by atoms with Crippen LogP contribution in [0.1, 0.15) is 30.4 Å². The fraction of sp³-hybridized carbons (Fsp3) is 0.429. The van der Waals surface area contributed by atoms with Gasteiger partial charge in [0.2, 0.25) is 0 Å². The van der Waals surface area contributed by atoms with Gasteiger partial charge in [0.1, 0.15) is 12.4 Å². The largest absolute Gasteiger partial charge is 0.489 e. The summed E-state index contributed by atoms with van der Waals surface area (Å²) in [4.78, 5) is 2.37. The van der Waals surface area contributed by atoms with Gasteiger partial charge in [-0.15, -0.1) is 0 Å². The van der Waals surface area contributed by atoms with Crippen LogP contribution in [0.4, 0.5) is 0 Å². The van der Waals surface area contributed by atoms with E-state index in [4.69, 9.17) is 10.5 Å². The van der Waals surface area contributed by atoms with Crippen molar-refractivity contribution in [2.24, 2.45) is 5.73 Å². The zero-order valence-corrected chi connectivity index (χ0v) is 14.6. The van der Waals surface area contributed by atoms with Crippen molar-refractivity contribution < 1.29 is 4.74 Å². The molecule has 0 radical (unpaired) electrons. The van der Waals surface area contributed by atoms with Crippen LogP contribution in [-0.2, 0) is 13.0 Å². The van der Waals surface area contributed by atoms with Crippen molar-refractivity contribution >= 4 is 0 Å². The first-order valence-corrected chi connectivity index (χ1v) is 8.86. The Labute approximate surface area is 145 Å². The van der Waals surface area contributed by atoms with E-state index >= 15 is 0 Å². The van der Waals surface area contributed by atoms with Crippen LogP contribution >= 0.6 is 0 Å². The molecule has 3 rings (SSSR count).